The third-order valence-electron chi connectivity index (χ3n) is 12.3. The van der Waals surface area contributed by atoms with Gasteiger partial charge in [0.1, 0.15) is 11.5 Å². The van der Waals surface area contributed by atoms with Crippen molar-refractivity contribution in [3.05, 3.63) is 65.1 Å². The van der Waals surface area contributed by atoms with Crippen molar-refractivity contribution >= 4 is 57.7 Å². The molecule has 5 aliphatic heterocycles. The molecule has 0 bridgehead atoms. The van der Waals surface area contributed by atoms with Crippen LogP contribution >= 0.6 is 0 Å². The van der Waals surface area contributed by atoms with E-state index in [0.29, 0.717) is 42.8 Å². The summed E-state index contributed by atoms with van der Waals surface area (Å²) < 4.78 is 5.91. The van der Waals surface area contributed by atoms with Gasteiger partial charge in [-0.25, -0.2) is 14.8 Å². The Morgan fingerprint density at radius 1 is 0.911 bits per heavy atom. The van der Waals surface area contributed by atoms with Gasteiger partial charge in [0, 0.05) is 94.2 Å². The number of imide groups is 1. The molecule has 4 fully saturated rings. The largest absolute Gasteiger partial charge is 0.371 e. The number of primary amides is 1. The lowest BCUT2D eigenvalue weighted by atomic mass is 9.90. The Kier molecular flexibility index (Phi) is 9.43. The minimum Gasteiger partial charge on any atom is -0.371 e. The second kappa shape index (κ2) is 14.7. The fourth-order valence-corrected chi connectivity index (χ4v) is 9.20. The van der Waals surface area contributed by atoms with E-state index in [9.17, 15) is 19.2 Å². The minimum atomic E-state index is -0.660. The van der Waals surface area contributed by atoms with E-state index in [1.807, 2.05) is 30.1 Å². The summed E-state index contributed by atoms with van der Waals surface area (Å²) in [7, 11) is 1.83. The van der Waals surface area contributed by atoms with Gasteiger partial charge in [-0.1, -0.05) is 11.2 Å². The number of nitrogens with zero attached hydrogens (tertiary/aromatic N) is 8. The van der Waals surface area contributed by atoms with E-state index in [1.54, 1.807) is 11.1 Å². The molecular weight excluding hydrogens is 715 g/mol. The number of carbonyl (C=O) groups is 4. The normalized spacial score (nSPS) is 22.5. The van der Waals surface area contributed by atoms with E-state index in [1.165, 1.54) is 5.56 Å². The molecule has 4 aromatic rings. The zero-order chi connectivity index (χ0) is 38.5. The quantitative estimate of drug-likeness (QED) is 0.223. The monoisotopic (exact) mass is 761 g/mol. The summed E-state index contributed by atoms with van der Waals surface area (Å²) in [5, 5.41) is 10.9. The molecule has 0 radical (unpaired) electrons. The highest BCUT2D eigenvalue weighted by Gasteiger charge is 2.36. The van der Waals surface area contributed by atoms with Crippen LogP contribution in [0, 0.1) is 0 Å². The third-order valence-corrected chi connectivity index (χ3v) is 12.3. The number of piperidine rings is 3. The number of nitrogens with one attached hydrogen (secondary N) is 2. The molecule has 2 aromatic carbocycles. The predicted molar refractivity (Wildman–Crippen MR) is 209 cm³/mol. The van der Waals surface area contributed by atoms with Crippen molar-refractivity contribution in [2.45, 2.75) is 69.5 Å². The van der Waals surface area contributed by atoms with Gasteiger partial charge in [0.15, 0.2) is 17.1 Å². The molecule has 9 rings (SSSR count). The molecule has 0 aliphatic carbocycles. The number of hydrogen-bond acceptors (Lipinski definition) is 12. The van der Waals surface area contributed by atoms with Crippen LogP contribution in [0.15, 0.2) is 47.1 Å². The maximum atomic E-state index is 12.7. The van der Waals surface area contributed by atoms with Gasteiger partial charge in [-0.05, 0) is 74.4 Å². The number of nitrogens with two attached hydrogens (primary N) is 1. The maximum Gasteiger partial charge on any atom is 0.320 e. The lowest BCUT2D eigenvalue weighted by Gasteiger charge is -2.41. The SMILES string of the molecule is CN1CCN([C@@H]2CCCN(c3cnc(C(N)=O)c(Nc4ccc(N5CCC(N6CCc7ccc8c(C9CCC(=O)NC9=O)noc8c7C6)CC5)cc4)n3)C2)C1=O. The first-order valence-electron chi connectivity index (χ1n) is 19.7. The van der Waals surface area contributed by atoms with E-state index < -0.39 is 11.8 Å². The van der Waals surface area contributed by atoms with Crippen molar-refractivity contribution in [1.29, 1.82) is 0 Å². The van der Waals surface area contributed by atoms with Crippen LogP contribution < -0.4 is 26.2 Å². The van der Waals surface area contributed by atoms with Crippen LogP contribution in [0.1, 0.15) is 71.8 Å². The molecule has 2 aromatic heterocycles. The molecule has 4 N–H and O–H groups in total. The van der Waals surface area contributed by atoms with Gasteiger partial charge in [0.25, 0.3) is 5.91 Å². The molecule has 292 valence electrons. The van der Waals surface area contributed by atoms with Gasteiger partial charge >= 0.3 is 6.03 Å². The average Bonchev–Trinajstić information content (AvgIpc) is 3.80. The number of likely N-dealkylation sites (N-methyl/N-ethyl adjacent to an activating group) is 1. The molecule has 16 nitrogen and oxygen atoms in total. The summed E-state index contributed by atoms with van der Waals surface area (Å²) in [6.45, 7) is 6.47. The number of amides is 5. The molecule has 0 saturated carbocycles. The Balaban J connectivity index is 0.831. The van der Waals surface area contributed by atoms with Crippen LogP contribution in [0.5, 0.6) is 0 Å². The van der Waals surface area contributed by atoms with Crippen LogP contribution in [-0.4, -0.2) is 119 Å². The predicted octanol–water partition coefficient (Wildman–Crippen LogP) is 3.34. The van der Waals surface area contributed by atoms with Crippen molar-refractivity contribution < 1.29 is 23.7 Å². The van der Waals surface area contributed by atoms with Crippen molar-refractivity contribution in [2.24, 2.45) is 5.73 Å². The number of carbonyl (C=O) groups excluding carboxylic acids is 4. The molecule has 4 saturated heterocycles. The summed E-state index contributed by atoms with van der Waals surface area (Å²) >= 11 is 0. The van der Waals surface area contributed by atoms with Crippen LogP contribution in [0.25, 0.3) is 11.0 Å². The molecule has 5 aliphatic rings. The lowest BCUT2D eigenvalue weighted by Crippen LogP contribution is -2.49. The van der Waals surface area contributed by atoms with E-state index in [-0.39, 0.29) is 29.6 Å². The molecule has 1 unspecified atom stereocenters. The molecule has 7 heterocycles. The Morgan fingerprint density at radius 3 is 2.48 bits per heavy atom. The van der Waals surface area contributed by atoms with Gasteiger partial charge in [0.05, 0.1) is 18.2 Å². The van der Waals surface area contributed by atoms with Crippen molar-refractivity contribution in [3.63, 3.8) is 0 Å². The molecule has 56 heavy (non-hydrogen) atoms. The van der Waals surface area contributed by atoms with E-state index in [0.717, 1.165) is 106 Å². The van der Waals surface area contributed by atoms with Gasteiger partial charge in [0.2, 0.25) is 11.8 Å². The summed E-state index contributed by atoms with van der Waals surface area (Å²) in [5.41, 5.74) is 11.5. The molecule has 16 heteroatoms. The highest BCUT2D eigenvalue weighted by atomic mass is 16.5. The number of hydrogen-bond donors (Lipinski definition) is 3. The van der Waals surface area contributed by atoms with Crippen LogP contribution in [-0.2, 0) is 22.6 Å². The Bertz CT molecular complexity index is 2180. The van der Waals surface area contributed by atoms with Gasteiger partial charge in [-0.3, -0.25) is 24.6 Å². The first-order chi connectivity index (χ1) is 27.2. The Labute approximate surface area is 324 Å². The topological polar surface area (TPSA) is 186 Å². The number of benzene rings is 2. The van der Waals surface area contributed by atoms with Crippen LogP contribution in [0.2, 0.25) is 0 Å². The first kappa shape index (κ1) is 35.9. The molecule has 0 spiro atoms. The second-order valence-corrected chi connectivity index (χ2v) is 15.7. The number of anilines is 4. The zero-order valence-corrected chi connectivity index (χ0v) is 31.6. The lowest BCUT2D eigenvalue weighted by molar-refractivity contribution is -0.134. The number of urea groups is 1. The van der Waals surface area contributed by atoms with Crippen molar-refractivity contribution in [1.82, 2.24) is 35.1 Å². The summed E-state index contributed by atoms with van der Waals surface area (Å²) in [6, 6.07) is 12.9. The third kappa shape index (κ3) is 6.75. The van der Waals surface area contributed by atoms with Crippen molar-refractivity contribution in [3.8, 4) is 0 Å². The summed E-state index contributed by atoms with van der Waals surface area (Å²) in [4.78, 5) is 69.4. The average molecular weight is 762 g/mol. The van der Waals surface area contributed by atoms with Crippen LogP contribution in [0.3, 0.4) is 0 Å². The summed E-state index contributed by atoms with van der Waals surface area (Å²) in [5.74, 6) is -0.745. The Hall–Kier alpha value is -5.77. The van der Waals surface area contributed by atoms with E-state index in [2.05, 4.69) is 53.7 Å². The van der Waals surface area contributed by atoms with E-state index >= 15 is 0 Å². The smallest absolute Gasteiger partial charge is 0.320 e. The zero-order valence-electron chi connectivity index (χ0n) is 31.6. The number of aromatic nitrogens is 3. The summed E-state index contributed by atoms with van der Waals surface area (Å²) in [6.07, 6.45) is 7.16. The highest BCUT2D eigenvalue weighted by Crippen LogP contribution is 2.36. The minimum absolute atomic E-state index is 0.0640. The fourth-order valence-electron chi connectivity index (χ4n) is 9.20. The maximum absolute atomic E-state index is 12.7. The van der Waals surface area contributed by atoms with E-state index in [4.69, 9.17) is 15.2 Å². The molecule has 2 atom stereocenters. The fraction of sp³-hybridized carbons (Fsp3) is 0.475. The van der Waals surface area contributed by atoms with Crippen molar-refractivity contribution in [2.75, 3.05) is 68.0 Å². The highest BCUT2D eigenvalue weighted by molar-refractivity contribution is 6.02. The van der Waals surface area contributed by atoms with Gasteiger partial charge in [-0.2, -0.15) is 0 Å². The number of fused-ring (bicyclic) bond motifs is 3. The number of rotatable bonds is 8. The Morgan fingerprint density at radius 2 is 1.73 bits per heavy atom. The van der Waals surface area contributed by atoms with Crippen LogP contribution in [0.4, 0.5) is 27.8 Å². The first-order valence-corrected chi connectivity index (χ1v) is 19.7. The standard InChI is InChI=1S/C40H47N11O5/c1-47-19-20-51(40(47)55)28-3-2-15-50(22-28)32-21-42-35(37(41)53)38(44-32)43-25-5-7-26(8-6-25)48-17-13-27(14-18-48)49-16-12-24-4-9-29-34(46-56-36(29)31(24)23-49)30-10-11-33(52)45-39(30)54/h4-9,21,27-28,30H,2-3,10-20,22-23H2,1H3,(H2,41,53)(H,43,44)(H,45,52,54)/t28-,30?/m1/s1. The second-order valence-electron chi connectivity index (χ2n) is 15.7. The molecular formula is C40H47N11O5. The van der Waals surface area contributed by atoms with Gasteiger partial charge < -0.3 is 35.2 Å². The molecule has 5 amide bonds. The van der Waals surface area contributed by atoms with Gasteiger partial charge in [-0.15, -0.1) is 0 Å².